The van der Waals surface area contributed by atoms with E-state index in [0.29, 0.717) is 30.1 Å². The lowest BCUT2D eigenvalue weighted by Crippen LogP contribution is -2.29. The van der Waals surface area contributed by atoms with Crippen LogP contribution < -0.4 is 0 Å². The first-order valence-electron chi connectivity index (χ1n) is 5.00. The van der Waals surface area contributed by atoms with E-state index in [1.54, 1.807) is 23.1 Å². The first kappa shape index (κ1) is 11.9. The highest BCUT2D eigenvalue weighted by molar-refractivity contribution is 9.10. The molecule has 0 spiro atoms. The van der Waals surface area contributed by atoms with Crippen LogP contribution in [0.15, 0.2) is 22.7 Å². The Bertz CT molecular complexity index is 424. The predicted octanol–water partition coefficient (Wildman–Crippen LogP) is 2.31. The number of rotatable bonds is 1. The van der Waals surface area contributed by atoms with Crippen LogP contribution in [0.2, 0.25) is 5.02 Å². The predicted molar refractivity (Wildman–Crippen MR) is 65.7 cm³/mol. The first-order valence-corrected chi connectivity index (χ1v) is 6.17. The highest BCUT2D eigenvalue weighted by Gasteiger charge is 2.26. The lowest BCUT2D eigenvalue weighted by atomic mass is 10.2. The Morgan fingerprint density at radius 1 is 1.56 bits per heavy atom. The lowest BCUT2D eigenvalue weighted by Gasteiger charge is -2.16. The average Bonchev–Trinajstić information content (AvgIpc) is 2.67. The van der Waals surface area contributed by atoms with Gasteiger partial charge >= 0.3 is 0 Å². The molecule has 2 rings (SSSR count). The van der Waals surface area contributed by atoms with E-state index in [0.717, 1.165) is 4.47 Å². The Balaban J connectivity index is 2.23. The molecule has 1 aliphatic rings. The maximum absolute atomic E-state index is 12.1. The molecule has 1 aliphatic heterocycles. The summed E-state index contributed by atoms with van der Waals surface area (Å²) in [7, 11) is 0. The van der Waals surface area contributed by atoms with Crippen molar-refractivity contribution in [3.63, 3.8) is 0 Å². The molecule has 16 heavy (non-hydrogen) atoms. The molecule has 1 atom stereocenters. The van der Waals surface area contributed by atoms with Gasteiger partial charge < -0.3 is 10.0 Å². The third-order valence-corrected chi connectivity index (χ3v) is 3.43. The lowest BCUT2D eigenvalue weighted by molar-refractivity contribution is 0.0765. The number of carbonyl (C=O) groups excluding carboxylic acids is 1. The van der Waals surface area contributed by atoms with Crippen LogP contribution in [0.1, 0.15) is 16.8 Å². The van der Waals surface area contributed by atoms with Crippen LogP contribution in [0.3, 0.4) is 0 Å². The van der Waals surface area contributed by atoms with Crippen LogP contribution in [0.4, 0.5) is 0 Å². The second-order valence-electron chi connectivity index (χ2n) is 3.82. The maximum atomic E-state index is 12.1. The highest BCUT2D eigenvalue weighted by atomic mass is 79.9. The minimum Gasteiger partial charge on any atom is -0.391 e. The molecule has 1 aromatic carbocycles. The van der Waals surface area contributed by atoms with E-state index < -0.39 is 6.10 Å². The van der Waals surface area contributed by atoms with Crippen LogP contribution in [-0.4, -0.2) is 35.1 Å². The van der Waals surface area contributed by atoms with Crippen molar-refractivity contribution in [3.05, 3.63) is 33.3 Å². The fraction of sp³-hybridized carbons (Fsp3) is 0.364. The zero-order valence-corrected chi connectivity index (χ0v) is 10.8. The van der Waals surface area contributed by atoms with E-state index in [-0.39, 0.29) is 5.91 Å². The second-order valence-corrected chi connectivity index (χ2v) is 5.14. The van der Waals surface area contributed by atoms with E-state index >= 15 is 0 Å². The minimum absolute atomic E-state index is 0.122. The SMILES string of the molecule is O=C(c1cc(Br)ccc1Cl)N1CC[C@@H](O)C1. The molecule has 0 bridgehead atoms. The van der Waals surface area contributed by atoms with Gasteiger partial charge in [-0.05, 0) is 24.6 Å². The van der Waals surface area contributed by atoms with Gasteiger partial charge in [0.2, 0.25) is 0 Å². The van der Waals surface area contributed by atoms with Gasteiger partial charge in [0, 0.05) is 17.6 Å². The van der Waals surface area contributed by atoms with Crippen molar-refractivity contribution in [2.45, 2.75) is 12.5 Å². The topological polar surface area (TPSA) is 40.5 Å². The molecule has 1 saturated heterocycles. The zero-order chi connectivity index (χ0) is 11.7. The summed E-state index contributed by atoms with van der Waals surface area (Å²) in [5, 5.41) is 9.82. The number of β-amino-alcohol motifs (C(OH)–C–C–N with tert-alkyl or cyclic N) is 1. The van der Waals surface area contributed by atoms with E-state index in [2.05, 4.69) is 15.9 Å². The Morgan fingerprint density at radius 2 is 2.31 bits per heavy atom. The first-order chi connectivity index (χ1) is 7.58. The number of amides is 1. The van der Waals surface area contributed by atoms with Gasteiger partial charge in [-0.2, -0.15) is 0 Å². The van der Waals surface area contributed by atoms with Crippen molar-refractivity contribution in [1.82, 2.24) is 4.90 Å². The van der Waals surface area contributed by atoms with Crippen LogP contribution >= 0.6 is 27.5 Å². The fourth-order valence-electron chi connectivity index (χ4n) is 1.76. The van der Waals surface area contributed by atoms with Crippen LogP contribution in [0, 0.1) is 0 Å². The Labute approximate surface area is 107 Å². The summed E-state index contributed by atoms with van der Waals surface area (Å²) in [5.74, 6) is -0.122. The summed E-state index contributed by atoms with van der Waals surface area (Å²) >= 11 is 9.28. The molecule has 0 saturated carbocycles. The van der Waals surface area contributed by atoms with Gasteiger partial charge in [0.25, 0.3) is 5.91 Å². The van der Waals surface area contributed by atoms with Crippen molar-refractivity contribution >= 4 is 33.4 Å². The number of likely N-dealkylation sites (tertiary alicyclic amines) is 1. The van der Waals surface area contributed by atoms with Gasteiger partial charge in [-0.3, -0.25) is 4.79 Å². The summed E-state index contributed by atoms with van der Waals surface area (Å²) < 4.78 is 0.819. The molecule has 86 valence electrons. The molecular weight excluding hydrogens is 293 g/mol. The van der Waals surface area contributed by atoms with Gasteiger partial charge in [-0.1, -0.05) is 27.5 Å². The molecule has 3 nitrogen and oxygen atoms in total. The summed E-state index contributed by atoms with van der Waals surface area (Å²) in [6.45, 7) is 0.977. The molecule has 1 N–H and O–H groups in total. The van der Waals surface area contributed by atoms with E-state index in [9.17, 15) is 9.90 Å². The van der Waals surface area contributed by atoms with Crippen LogP contribution in [0.5, 0.6) is 0 Å². The maximum Gasteiger partial charge on any atom is 0.255 e. The molecule has 1 fully saturated rings. The number of aliphatic hydroxyl groups excluding tert-OH is 1. The molecule has 0 unspecified atom stereocenters. The third kappa shape index (κ3) is 2.39. The Hall–Kier alpha value is -0.580. The Morgan fingerprint density at radius 3 is 2.94 bits per heavy atom. The number of hydrogen-bond acceptors (Lipinski definition) is 2. The number of aliphatic hydroxyl groups is 1. The van der Waals surface area contributed by atoms with Gasteiger partial charge in [0.05, 0.1) is 16.7 Å². The fourth-order valence-corrected chi connectivity index (χ4v) is 2.32. The largest absolute Gasteiger partial charge is 0.391 e. The highest BCUT2D eigenvalue weighted by Crippen LogP contribution is 2.23. The summed E-state index contributed by atoms with van der Waals surface area (Å²) in [5.41, 5.74) is 0.477. The second kappa shape index (κ2) is 4.73. The van der Waals surface area contributed by atoms with Gasteiger partial charge in [-0.25, -0.2) is 0 Å². The van der Waals surface area contributed by atoms with Crippen molar-refractivity contribution in [2.75, 3.05) is 13.1 Å². The summed E-state index contributed by atoms with van der Waals surface area (Å²) in [6.07, 6.45) is 0.229. The summed E-state index contributed by atoms with van der Waals surface area (Å²) in [6, 6.07) is 5.18. The molecule has 1 amide bonds. The van der Waals surface area contributed by atoms with Crippen LogP contribution in [0.25, 0.3) is 0 Å². The van der Waals surface area contributed by atoms with Crippen molar-refractivity contribution < 1.29 is 9.90 Å². The molecule has 0 radical (unpaired) electrons. The average molecular weight is 305 g/mol. The molecule has 0 aromatic heterocycles. The van der Waals surface area contributed by atoms with Crippen LogP contribution in [-0.2, 0) is 0 Å². The number of nitrogens with zero attached hydrogens (tertiary/aromatic N) is 1. The monoisotopic (exact) mass is 303 g/mol. The smallest absolute Gasteiger partial charge is 0.255 e. The third-order valence-electron chi connectivity index (χ3n) is 2.61. The molecule has 1 heterocycles. The minimum atomic E-state index is -0.408. The van der Waals surface area contributed by atoms with Crippen molar-refractivity contribution in [3.8, 4) is 0 Å². The van der Waals surface area contributed by atoms with Crippen molar-refractivity contribution in [1.29, 1.82) is 0 Å². The standard InChI is InChI=1S/C11H11BrClNO2/c12-7-1-2-10(13)9(5-7)11(16)14-4-3-8(15)6-14/h1-2,5,8,15H,3-4,6H2/t8-/m1/s1. The van der Waals surface area contributed by atoms with Gasteiger partial charge in [0.1, 0.15) is 0 Å². The summed E-state index contributed by atoms with van der Waals surface area (Å²) in [4.78, 5) is 13.7. The van der Waals surface area contributed by atoms with E-state index in [1.807, 2.05) is 0 Å². The quantitative estimate of drug-likeness (QED) is 0.865. The molecule has 5 heteroatoms. The number of carbonyl (C=O) groups is 1. The van der Waals surface area contributed by atoms with E-state index in [1.165, 1.54) is 0 Å². The number of hydrogen-bond donors (Lipinski definition) is 1. The number of halogens is 2. The van der Waals surface area contributed by atoms with Crippen molar-refractivity contribution in [2.24, 2.45) is 0 Å². The van der Waals surface area contributed by atoms with E-state index in [4.69, 9.17) is 11.6 Å². The van der Waals surface area contributed by atoms with Gasteiger partial charge in [-0.15, -0.1) is 0 Å². The molecular formula is C11H11BrClNO2. The molecule has 0 aliphatic carbocycles. The normalized spacial score (nSPS) is 20.2. The Kier molecular flexibility index (Phi) is 3.52. The molecule has 1 aromatic rings. The van der Waals surface area contributed by atoms with Gasteiger partial charge in [0.15, 0.2) is 0 Å². The zero-order valence-electron chi connectivity index (χ0n) is 8.49. The number of benzene rings is 1.